The molecular formula is C14H17F6N3O. The molecule has 0 aliphatic carbocycles. The number of nitrogens with one attached hydrogen (secondary N) is 2. The minimum absolute atomic E-state index is 0.00495. The molecule has 0 atom stereocenters. The number of hydrogen-bond donors (Lipinski definition) is 2. The minimum Gasteiger partial charge on any atom is -0.325 e. The molecule has 1 rings (SSSR count). The molecule has 0 bridgehead atoms. The summed E-state index contributed by atoms with van der Waals surface area (Å²) < 4.78 is 76.2. The Bertz CT molecular complexity index is 536. The van der Waals surface area contributed by atoms with Gasteiger partial charge < -0.3 is 15.5 Å². The van der Waals surface area contributed by atoms with Gasteiger partial charge in [-0.25, -0.2) is 0 Å². The van der Waals surface area contributed by atoms with Gasteiger partial charge in [-0.15, -0.1) is 0 Å². The number of nitrogens with zero attached hydrogens (tertiary/aromatic N) is 1. The Morgan fingerprint density at radius 3 is 1.92 bits per heavy atom. The lowest BCUT2D eigenvalue weighted by Crippen LogP contribution is -2.33. The van der Waals surface area contributed by atoms with E-state index < -0.39 is 35.1 Å². The van der Waals surface area contributed by atoms with Crippen molar-refractivity contribution in [3.05, 3.63) is 29.3 Å². The summed E-state index contributed by atoms with van der Waals surface area (Å²) in [5.41, 5.74) is -3.52. The lowest BCUT2D eigenvalue weighted by atomic mass is 10.1. The van der Waals surface area contributed by atoms with Crippen molar-refractivity contribution in [3.63, 3.8) is 0 Å². The third kappa shape index (κ3) is 6.75. The van der Waals surface area contributed by atoms with Crippen molar-refractivity contribution in [1.29, 1.82) is 0 Å². The highest BCUT2D eigenvalue weighted by molar-refractivity contribution is 5.92. The molecule has 10 heteroatoms. The molecule has 0 spiro atoms. The minimum atomic E-state index is -4.95. The topological polar surface area (TPSA) is 44.4 Å². The number of likely N-dealkylation sites (N-methyl/N-ethyl adjacent to an activating group) is 1. The Kier molecular flexibility index (Phi) is 6.61. The number of hydrogen-bond acceptors (Lipinski definition) is 3. The molecule has 0 fully saturated rings. The molecule has 136 valence electrons. The number of halogens is 6. The smallest absolute Gasteiger partial charge is 0.325 e. The quantitative estimate of drug-likeness (QED) is 0.608. The summed E-state index contributed by atoms with van der Waals surface area (Å²) >= 11 is 0. The summed E-state index contributed by atoms with van der Waals surface area (Å²) in [6.07, 6.45) is -9.91. The molecular weight excluding hydrogens is 340 g/mol. The zero-order valence-corrected chi connectivity index (χ0v) is 13.0. The number of anilines is 1. The van der Waals surface area contributed by atoms with Crippen molar-refractivity contribution >= 4 is 11.6 Å². The first-order valence-corrected chi connectivity index (χ1v) is 6.84. The van der Waals surface area contributed by atoms with Crippen molar-refractivity contribution in [1.82, 2.24) is 10.2 Å². The second kappa shape index (κ2) is 7.84. The first-order chi connectivity index (χ1) is 10.9. The van der Waals surface area contributed by atoms with E-state index in [-0.39, 0.29) is 12.6 Å². The second-order valence-corrected chi connectivity index (χ2v) is 5.32. The van der Waals surface area contributed by atoms with Crippen molar-refractivity contribution in [3.8, 4) is 0 Å². The van der Waals surface area contributed by atoms with Crippen LogP contribution in [0.1, 0.15) is 11.1 Å². The van der Waals surface area contributed by atoms with E-state index >= 15 is 0 Å². The van der Waals surface area contributed by atoms with E-state index in [2.05, 4.69) is 5.32 Å². The summed E-state index contributed by atoms with van der Waals surface area (Å²) in [5, 5.41) is 4.77. The van der Waals surface area contributed by atoms with Gasteiger partial charge in [-0.2, -0.15) is 26.3 Å². The molecule has 0 heterocycles. The van der Waals surface area contributed by atoms with Crippen molar-refractivity contribution in [2.24, 2.45) is 0 Å². The van der Waals surface area contributed by atoms with E-state index in [0.717, 1.165) is 0 Å². The van der Waals surface area contributed by atoms with Crippen LogP contribution >= 0.6 is 0 Å². The van der Waals surface area contributed by atoms with Gasteiger partial charge in [-0.1, -0.05) is 0 Å². The number of amides is 1. The number of alkyl halides is 6. The molecule has 1 aromatic rings. The lowest BCUT2D eigenvalue weighted by Gasteiger charge is -2.15. The Morgan fingerprint density at radius 1 is 1.00 bits per heavy atom. The molecule has 0 unspecified atom stereocenters. The van der Waals surface area contributed by atoms with Crippen molar-refractivity contribution in [2.45, 2.75) is 12.4 Å². The zero-order valence-electron chi connectivity index (χ0n) is 13.0. The molecule has 0 saturated heterocycles. The van der Waals surface area contributed by atoms with Crippen LogP contribution in [0, 0.1) is 0 Å². The molecule has 1 amide bonds. The Labute approximate surface area is 134 Å². The van der Waals surface area contributed by atoms with E-state index in [9.17, 15) is 31.1 Å². The van der Waals surface area contributed by atoms with Crippen molar-refractivity contribution < 1.29 is 31.1 Å². The summed E-state index contributed by atoms with van der Waals surface area (Å²) in [6.45, 7) is 0.831. The summed E-state index contributed by atoms with van der Waals surface area (Å²) in [4.78, 5) is 13.5. The first-order valence-electron chi connectivity index (χ1n) is 6.84. The largest absolute Gasteiger partial charge is 0.416 e. The third-order valence-corrected chi connectivity index (χ3v) is 2.89. The average Bonchev–Trinajstić information content (AvgIpc) is 2.41. The molecule has 4 nitrogen and oxygen atoms in total. The molecule has 1 aromatic carbocycles. The van der Waals surface area contributed by atoms with Gasteiger partial charge in [0.2, 0.25) is 5.91 Å². The van der Waals surface area contributed by atoms with Gasteiger partial charge in [0.05, 0.1) is 17.7 Å². The monoisotopic (exact) mass is 357 g/mol. The SMILES string of the molecule is CN(C)CCNCC(=O)Nc1cc(C(F)(F)F)cc(C(F)(F)F)c1. The van der Waals surface area contributed by atoms with Crippen LogP contribution in [0.4, 0.5) is 32.0 Å². The van der Waals surface area contributed by atoms with E-state index in [1.54, 1.807) is 0 Å². The van der Waals surface area contributed by atoms with Gasteiger partial charge in [0.25, 0.3) is 0 Å². The fraction of sp³-hybridized carbons (Fsp3) is 0.500. The molecule has 24 heavy (non-hydrogen) atoms. The number of rotatable bonds is 6. The van der Waals surface area contributed by atoms with Crippen LogP contribution in [0.15, 0.2) is 18.2 Å². The third-order valence-electron chi connectivity index (χ3n) is 2.89. The standard InChI is InChI=1S/C14H17F6N3O/c1-23(2)4-3-21-8-12(24)22-11-6-9(13(15,16)17)5-10(7-11)14(18,19)20/h5-7,21H,3-4,8H2,1-2H3,(H,22,24). The number of benzene rings is 1. The zero-order chi connectivity index (χ0) is 18.5. The molecule has 0 saturated carbocycles. The Balaban J connectivity index is 2.85. The van der Waals surface area contributed by atoms with Gasteiger partial charge in [-0.05, 0) is 32.3 Å². The van der Waals surface area contributed by atoms with Crippen LogP contribution in [-0.4, -0.2) is 44.5 Å². The van der Waals surface area contributed by atoms with E-state index in [0.29, 0.717) is 25.2 Å². The fourth-order valence-electron chi connectivity index (χ4n) is 1.74. The average molecular weight is 357 g/mol. The maximum atomic E-state index is 12.7. The summed E-state index contributed by atoms with van der Waals surface area (Å²) in [6, 6.07) is 0.935. The summed E-state index contributed by atoms with van der Waals surface area (Å²) in [5.74, 6) is -0.735. The van der Waals surface area contributed by atoms with Gasteiger partial charge in [0, 0.05) is 18.8 Å². The predicted octanol–water partition coefficient (Wildman–Crippen LogP) is 2.81. The first kappa shape index (κ1) is 20.2. The second-order valence-electron chi connectivity index (χ2n) is 5.32. The van der Waals surface area contributed by atoms with Gasteiger partial charge in [0.1, 0.15) is 0 Å². The highest BCUT2D eigenvalue weighted by Gasteiger charge is 2.37. The number of carbonyl (C=O) groups is 1. The predicted molar refractivity (Wildman–Crippen MR) is 76.5 cm³/mol. The maximum absolute atomic E-state index is 12.7. The van der Waals surface area contributed by atoms with Gasteiger partial charge >= 0.3 is 12.4 Å². The maximum Gasteiger partial charge on any atom is 0.416 e. The molecule has 2 N–H and O–H groups in total. The highest BCUT2D eigenvalue weighted by atomic mass is 19.4. The highest BCUT2D eigenvalue weighted by Crippen LogP contribution is 2.37. The van der Waals surface area contributed by atoms with Crippen molar-refractivity contribution in [2.75, 3.05) is 39.0 Å². The lowest BCUT2D eigenvalue weighted by molar-refractivity contribution is -0.143. The molecule has 0 aromatic heterocycles. The van der Waals surface area contributed by atoms with Crippen LogP contribution in [-0.2, 0) is 17.1 Å². The van der Waals surface area contributed by atoms with Crippen LogP contribution in [0.3, 0.4) is 0 Å². The normalized spacial score (nSPS) is 12.5. The fourth-order valence-corrected chi connectivity index (χ4v) is 1.74. The Hall–Kier alpha value is -1.81. The van der Waals surface area contributed by atoms with E-state index in [1.165, 1.54) is 0 Å². The molecule has 0 aliphatic rings. The van der Waals surface area contributed by atoms with E-state index in [4.69, 9.17) is 0 Å². The van der Waals surface area contributed by atoms with Crippen LogP contribution < -0.4 is 10.6 Å². The van der Waals surface area contributed by atoms with Crippen LogP contribution in [0.5, 0.6) is 0 Å². The van der Waals surface area contributed by atoms with E-state index in [1.807, 2.05) is 24.3 Å². The van der Waals surface area contributed by atoms with Gasteiger partial charge in [0.15, 0.2) is 0 Å². The Morgan fingerprint density at radius 2 is 1.50 bits per heavy atom. The summed E-state index contributed by atoms with van der Waals surface area (Å²) in [7, 11) is 3.62. The number of carbonyl (C=O) groups excluding carboxylic acids is 1. The molecule has 0 aliphatic heterocycles. The van der Waals surface area contributed by atoms with Gasteiger partial charge in [-0.3, -0.25) is 4.79 Å². The molecule has 0 radical (unpaired) electrons. The van der Waals surface area contributed by atoms with Crippen LogP contribution in [0.2, 0.25) is 0 Å². The van der Waals surface area contributed by atoms with Crippen LogP contribution in [0.25, 0.3) is 0 Å².